The Morgan fingerprint density at radius 1 is 0.378 bits per heavy atom. The maximum atomic E-state index is 14.3. The van der Waals surface area contributed by atoms with Gasteiger partial charge in [0.05, 0.1) is 67.3 Å². The summed E-state index contributed by atoms with van der Waals surface area (Å²) in [5.74, 6) is 1.17. The van der Waals surface area contributed by atoms with Gasteiger partial charge in [0.2, 0.25) is 0 Å². The average molecular weight is 2100 g/mol. The van der Waals surface area contributed by atoms with Crippen LogP contribution >= 0.6 is 54.5 Å². The molecule has 0 unspecified atom stereocenters. The first kappa shape index (κ1) is 93.3. The third kappa shape index (κ3) is 20.3. The summed E-state index contributed by atoms with van der Waals surface area (Å²) in [4.78, 5) is 36.1. The van der Waals surface area contributed by atoms with E-state index in [2.05, 4.69) is 174 Å². The van der Waals surface area contributed by atoms with Crippen molar-refractivity contribution in [3.63, 3.8) is 0 Å². The van der Waals surface area contributed by atoms with E-state index in [0.29, 0.717) is 86.5 Å². The molecule has 1 N–H and O–H groups in total. The van der Waals surface area contributed by atoms with Gasteiger partial charge in [-0.15, -0.1) is 0 Å². The number of likely N-dealkylation sites (N-methyl/N-ethyl adjacent to an activating group) is 3. The standard InChI is InChI=1S/C36H35N5O4S.C30H31N5O2.C24H23BrN4O2S.C13H8BrIN2O2S/c1-39-17-19-40(20-18-39)29-10-7-26(8-11-29)34-24-33-32(13-16-38-36(33)41(34)46(42,43)31-5-3-2-4-6-31)27-9-12-35(28(23-27)25-37)45-30-14-21-44-22-15-30;1-34-12-14-35(15-13-34)24-5-2-21(3-6-24)28-19-27-26(8-11-32-30(27)33-28)22-4-7-29(23(18-22)20-31)37-25-9-16-36-17-10-25;1-27-13-15-28(16-14-27)19-9-7-18(8-10-19)23-17-21-22(25)11-12-26-24(21)29(23)32(30,31)20-5-3-2-4-6-20;14-11-6-7-16-13-10(11)8-12(15)17(13)20(18,19)9-4-2-1-3-5-9/h2-13,16,23-24,30H,14-15,17-22H2,1H3;2-8,11,18-19,25H,9-10,12-17H2,1H3,(H,32,33);2-12,17H,13-16H2,1H3;1-8H. The Balaban J connectivity index is 0.000000124. The van der Waals surface area contributed by atoms with Crippen molar-refractivity contribution in [3.05, 3.63) is 297 Å². The van der Waals surface area contributed by atoms with E-state index in [9.17, 15) is 35.8 Å². The maximum absolute atomic E-state index is 14.3. The van der Waals surface area contributed by atoms with Crippen LogP contribution in [0.5, 0.6) is 11.5 Å². The van der Waals surface area contributed by atoms with E-state index in [-0.39, 0.29) is 26.9 Å². The minimum Gasteiger partial charge on any atom is -0.489 e. The second-order valence-electron chi connectivity index (χ2n) is 33.7. The van der Waals surface area contributed by atoms with Crippen molar-refractivity contribution < 1.29 is 44.2 Å². The molecule has 5 aliphatic rings. The van der Waals surface area contributed by atoms with E-state index >= 15 is 0 Å². The second-order valence-corrected chi connectivity index (χ2v) is 41.9. The molecule has 0 amide bonds. The predicted octanol–water partition coefficient (Wildman–Crippen LogP) is 19.0. The summed E-state index contributed by atoms with van der Waals surface area (Å²) >= 11 is 8.97. The van der Waals surface area contributed by atoms with E-state index < -0.39 is 30.1 Å². The number of H-pyrrole nitrogens is 1. The van der Waals surface area contributed by atoms with Gasteiger partial charge < -0.3 is 53.3 Å². The van der Waals surface area contributed by atoms with E-state index in [1.807, 2.05) is 114 Å². The number of nitrogens with one attached hydrogen (secondary N) is 1. The Morgan fingerprint density at radius 2 is 0.719 bits per heavy atom. The number of hydrogen-bond donors (Lipinski definition) is 1. The number of nitriles is 2. The van der Waals surface area contributed by atoms with Crippen LogP contribution in [0.1, 0.15) is 36.8 Å². The first-order valence-corrected chi connectivity index (χ1v) is 51.6. The minimum atomic E-state index is -4.02. The van der Waals surface area contributed by atoms with Crippen molar-refractivity contribution in [1.29, 1.82) is 10.5 Å². The second kappa shape index (κ2) is 41.2. The average Bonchev–Trinajstić information content (AvgIpc) is 1.60. The quantitative estimate of drug-likeness (QED) is 0.0781. The molecule has 0 aliphatic carbocycles. The SMILES string of the molecule is CN1CCN(c2ccc(-c3cc4c(-c5ccc(OC6CCOCC6)c(C#N)c5)ccnc4[nH]3)cc2)CC1.CN1CCN(c2ccc(-c3cc4c(-c5ccc(OC6CCOCC6)c(C#N)c5)ccnc4n3S(=O)(=O)c3ccccc3)cc2)CC1.CN1CCN(c2ccc(-c3cc4c(Br)ccnc4n3S(=O)(=O)c3ccccc3)cc2)CC1.O=S(=O)(c1ccccc1)n1c(I)cc2c(Br)ccnc21. The van der Waals surface area contributed by atoms with E-state index in [1.54, 1.807) is 128 Å². The molecule has 13 heterocycles. The van der Waals surface area contributed by atoms with Crippen LogP contribution in [-0.2, 0) is 39.5 Å². The molecule has 0 saturated carbocycles. The van der Waals surface area contributed by atoms with Crippen molar-refractivity contribution in [3.8, 4) is 79.7 Å². The topological polar surface area (TPSA) is 288 Å². The number of nitrogens with zero attached hydrogens (tertiary/aromatic N) is 15. The van der Waals surface area contributed by atoms with Crippen LogP contribution in [0.2, 0.25) is 0 Å². The maximum Gasteiger partial charge on any atom is 0.270 e. The lowest BCUT2D eigenvalue weighted by Gasteiger charge is -2.34. The van der Waals surface area contributed by atoms with Crippen molar-refractivity contribution in [2.24, 2.45) is 0 Å². The minimum absolute atomic E-state index is 0.00163. The van der Waals surface area contributed by atoms with Gasteiger partial charge >= 0.3 is 0 Å². The monoisotopic (exact) mass is 2100 g/mol. The van der Waals surface area contributed by atoms with Crippen LogP contribution in [0.15, 0.2) is 297 Å². The van der Waals surface area contributed by atoms with Crippen LogP contribution in [-0.4, -0.2) is 215 Å². The zero-order chi connectivity index (χ0) is 93.5. The molecular formula is C103H97Br2IN16O10S3. The zero-order valence-corrected chi connectivity index (χ0v) is 82.2. The molecule has 0 radical (unpaired) electrons. The number of ether oxygens (including phenoxy) is 4. The molecule has 0 atom stereocenters. The Hall–Kier alpha value is -12.2. The first-order chi connectivity index (χ1) is 65.6. The number of benzene rings is 8. The Morgan fingerprint density at radius 3 is 1.13 bits per heavy atom. The molecule has 8 aromatic carbocycles. The molecule has 135 heavy (non-hydrogen) atoms. The molecule has 5 saturated heterocycles. The van der Waals surface area contributed by atoms with E-state index in [1.165, 1.54) is 17.6 Å². The number of piperazine rings is 3. The van der Waals surface area contributed by atoms with Crippen molar-refractivity contribution in [2.75, 3.05) is 141 Å². The number of aromatic amines is 1. The molecule has 32 heteroatoms. The molecule has 8 aromatic heterocycles. The number of pyridine rings is 4. The van der Waals surface area contributed by atoms with Crippen LogP contribution in [0.4, 0.5) is 17.1 Å². The van der Waals surface area contributed by atoms with Gasteiger partial charge in [0.15, 0.2) is 16.9 Å². The number of rotatable bonds is 18. The normalized spacial score (nSPS) is 15.7. The highest BCUT2D eigenvalue weighted by Crippen LogP contribution is 2.42. The fourth-order valence-electron chi connectivity index (χ4n) is 17.5. The van der Waals surface area contributed by atoms with Gasteiger partial charge in [-0.2, -0.15) is 10.5 Å². The molecule has 5 fully saturated rings. The lowest BCUT2D eigenvalue weighted by Crippen LogP contribution is -2.44. The van der Waals surface area contributed by atoms with Crippen LogP contribution < -0.4 is 24.2 Å². The molecule has 5 aliphatic heterocycles. The van der Waals surface area contributed by atoms with Crippen LogP contribution in [0.3, 0.4) is 0 Å². The first-order valence-electron chi connectivity index (χ1n) is 44.6. The Bertz CT molecular complexity index is 7420. The summed E-state index contributed by atoms with van der Waals surface area (Å²) in [7, 11) is -5.05. The van der Waals surface area contributed by atoms with Gasteiger partial charge in [0.1, 0.15) is 41.5 Å². The molecular weight excluding hydrogens is 2000 g/mol. The summed E-state index contributed by atoms with van der Waals surface area (Å²) < 4.78 is 111. The molecule has 16 aromatic rings. The Kier molecular flexibility index (Phi) is 28.4. The predicted molar refractivity (Wildman–Crippen MR) is 545 cm³/mol. The summed E-state index contributed by atoms with van der Waals surface area (Å²) in [5.41, 5.74) is 14.9. The summed E-state index contributed by atoms with van der Waals surface area (Å²) in [6.07, 6.45) is 9.97. The van der Waals surface area contributed by atoms with Gasteiger partial charge in [-0.05, 0) is 260 Å². The third-order valence-corrected chi connectivity index (χ3v) is 32.7. The molecule has 21 rings (SSSR count). The van der Waals surface area contributed by atoms with Crippen molar-refractivity contribution >= 4 is 146 Å². The summed E-state index contributed by atoms with van der Waals surface area (Å²) in [5, 5.41) is 23.1. The fraction of sp³-hybridized carbons (Fsp3) is 0.243. The number of hydrogen-bond acceptors (Lipinski definition) is 22. The number of fused-ring (bicyclic) bond motifs is 4. The lowest BCUT2D eigenvalue weighted by molar-refractivity contribution is 0.0252. The lowest BCUT2D eigenvalue weighted by atomic mass is 10.0. The molecule has 688 valence electrons. The van der Waals surface area contributed by atoms with E-state index in [0.717, 1.165) is 191 Å². The van der Waals surface area contributed by atoms with E-state index in [4.69, 9.17) is 18.9 Å². The highest BCUT2D eigenvalue weighted by molar-refractivity contribution is 14.1. The number of anilines is 3. The molecule has 0 spiro atoms. The highest BCUT2D eigenvalue weighted by Gasteiger charge is 2.32. The van der Waals surface area contributed by atoms with Gasteiger partial charge in [-0.1, -0.05) is 103 Å². The van der Waals surface area contributed by atoms with Crippen LogP contribution in [0.25, 0.3) is 100 Å². The summed E-state index contributed by atoms with van der Waals surface area (Å²) in [6, 6.07) is 81.4. The van der Waals surface area contributed by atoms with Crippen molar-refractivity contribution in [2.45, 2.75) is 52.6 Å². The smallest absolute Gasteiger partial charge is 0.270 e. The fourth-order valence-corrected chi connectivity index (χ4v) is 24.0. The summed E-state index contributed by atoms with van der Waals surface area (Å²) in [6.45, 7) is 14.9. The molecule has 26 nitrogen and oxygen atoms in total. The highest BCUT2D eigenvalue weighted by atomic mass is 127. The molecule has 0 bridgehead atoms. The van der Waals surface area contributed by atoms with Gasteiger partial charge in [-0.25, -0.2) is 57.1 Å². The van der Waals surface area contributed by atoms with Gasteiger partial charge in [0, 0.05) is 182 Å². The zero-order valence-electron chi connectivity index (χ0n) is 74.4. The van der Waals surface area contributed by atoms with Crippen LogP contribution in [0, 0.1) is 26.4 Å². The van der Waals surface area contributed by atoms with Gasteiger partial charge in [0.25, 0.3) is 30.1 Å². The third-order valence-electron chi connectivity index (χ3n) is 25.1. The number of halogens is 3. The van der Waals surface area contributed by atoms with Gasteiger partial charge in [-0.3, -0.25) is 0 Å². The number of aromatic nitrogens is 8. The Labute approximate surface area is 815 Å². The van der Waals surface area contributed by atoms with Crippen molar-refractivity contribution in [1.82, 2.24) is 51.5 Å². The largest absolute Gasteiger partial charge is 0.489 e.